The fourth-order valence-corrected chi connectivity index (χ4v) is 3.20. The van der Waals surface area contributed by atoms with Gasteiger partial charge >= 0.3 is 5.97 Å². The predicted molar refractivity (Wildman–Crippen MR) is 101 cm³/mol. The van der Waals surface area contributed by atoms with E-state index >= 15 is 0 Å². The molecule has 1 saturated heterocycles. The van der Waals surface area contributed by atoms with E-state index in [1.165, 1.54) is 0 Å². The maximum absolute atomic E-state index is 12.3. The van der Waals surface area contributed by atoms with Crippen LogP contribution < -0.4 is 10.6 Å². The van der Waals surface area contributed by atoms with Crippen molar-refractivity contribution < 1.29 is 19.5 Å². The molecule has 0 aliphatic carbocycles. The number of aliphatic imine (C=N–C) groups is 1. The molecule has 2 heterocycles. The van der Waals surface area contributed by atoms with E-state index in [1.54, 1.807) is 6.92 Å². The van der Waals surface area contributed by atoms with Crippen LogP contribution in [-0.2, 0) is 14.4 Å². The molecule has 0 spiro atoms. The third kappa shape index (κ3) is 6.41. The summed E-state index contributed by atoms with van der Waals surface area (Å²) in [5.41, 5.74) is 0. The number of carboxylic acid groups (broad SMARTS) is 1. The highest BCUT2D eigenvalue weighted by molar-refractivity contribution is 5.82. The lowest BCUT2D eigenvalue weighted by molar-refractivity contribution is -0.141. The summed E-state index contributed by atoms with van der Waals surface area (Å²) in [6, 6.07) is 0. The predicted octanol–water partition coefficient (Wildman–Crippen LogP) is -0.267. The normalized spacial score (nSPS) is 18.8. The smallest absolute Gasteiger partial charge is 0.308 e. The van der Waals surface area contributed by atoms with E-state index in [1.807, 2.05) is 11.9 Å². The first kappa shape index (κ1) is 21.0. The van der Waals surface area contributed by atoms with Crippen LogP contribution in [0.4, 0.5) is 0 Å². The van der Waals surface area contributed by atoms with Gasteiger partial charge in [0.1, 0.15) is 0 Å². The summed E-state index contributed by atoms with van der Waals surface area (Å²) >= 11 is 0. The number of hydrogen-bond donors (Lipinski definition) is 3. The summed E-state index contributed by atoms with van der Waals surface area (Å²) in [7, 11) is 1.99. The lowest BCUT2D eigenvalue weighted by Crippen LogP contribution is -2.44. The van der Waals surface area contributed by atoms with Crippen molar-refractivity contribution in [2.45, 2.75) is 32.6 Å². The van der Waals surface area contributed by atoms with Crippen LogP contribution in [0.15, 0.2) is 4.99 Å². The number of guanidine groups is 1. The number of likely N-dealkylation sites (tertiary alicyclic amines) is 1. The van der Waals surface area contributed by atoms with Gasteiger partial charge in [0.05, 0.1) is 12.5 Å². The second-order valence-electron chi connectivity index (χ2n) is 7.30. The first-order valence-corrected chi connectivity index (χ1v) is 9.66. The van der Waals surface area contributed by atoms with Gasteiger partial charge in [-0.3, -0.25) is 19.4 Å². The number of nitrogens with zero attached hydrogens (tertiary/aromatic N) is 3. The Morgan fingerprint density at radius 2 is 1.96 bits per heavy atom. The van der Waals surface area contributed by atoms with E-state index in [0.29, 0.717) is 32.4 Å². The Kier molecular flexibility index (Phi) is 7.87. The summed E-state index contributed by atoms with van der Waals surface area (Å²) in [5.74, 6) is -0.757. The van der Waals surface area contributed by atoms with Gasteiger partial charge in [0.15, 0.2) is 5.96 Å². The monoisotopic (exact) mass is 381 g/mol. The van der Waals surface area contributed by atoms with Crippen LogP contribution in [0.1, 0.15) is 32.6 Å². The minimum absolute atomic E-state index is 0.110. The van der Waals surface area contributed by atoms with Gasteiger partial charge in [0.25, 0.3) is 0 Å². The molecular formula is C18H31N5O4. The van der Waals surface area contributed by atoms with Crippen LogP contribution in [0.5, 0.6) is 0 Å². The van der Waals surface area contributed by atoms with Crippen molar-refractivity contribution in [2.75, 3.05) is 46.3 Å². The molecule has 2 aliphatic heterocycles. The van der Waals surface area contributed by atoms with Crippen molar-refractivity contribution >= 4 is 23.7 Å². The number of aliphatic carboxylic acids is 1. The van der Waals surface area contributed by atoms with Crippen LogP contribution >= 0.6 is 0 Å². The fraction of sp³-hybridized carbons (Fsp3) is 0.778. The van der Waals surface area contributed by atoms with Crippen LogP contribution in [-0.4, -0.2) is 85.0 Å². The minimum Gasteiger partial charge on any atom is -0.481 e. The molecule has 0 aromatic rings. The van der Waals surface area contributed by atoms with E-state index in [9.17, 15) is 14.4 Å². The molecule has 152 valence electrons. The number of likely N-dealkylation sites (N-methyl/N-ethyl adjacent to an activating group) is 1. The zero-order chi connectivity index (χ0) is 19.8. The molecule has 0 unspecified atom stereocenters. The first-order chi connectivity index (χ1) is 12.9. The van der Waals surface area contributed by atoms with Crippen molar-refractivity contribution in [1.29, 1.82) is 0 Å². The van der Waals surface area contributed by atoms with E-state index in [-0.39, 0.29) is 24.3 Å². The standard InChI is InChI=1S/C18H31N5O4/c1-13(17(26)27)12-21-16(25)14-5-9-23(10-6-14)15(24)4-3-7-19-18-20-8-11-22(18)2/h13-14H,3-12H2,1-2H3,(H,19,20)(H,21,25)(H,26,27)/t13-/m0/s1. The molecule has 0 aromatic heterocycles. The number of rotatable bonds is 8. The van der Waals surface area contributed by atoms with Gasteiger partial charge < -0.3 is 25.5 Å². The molecule has 3 N–H and O–H groups in total. The number of carbonyl (C=O) groups excluding carboxylic acids is 2. The number of hydrogen-bond acceptors (Lipinski definition) is 6. The Morgan fingerprint density at radius 3 is 2.56 bits per heavy atom. The summed E-state index contributed by atoms with van der Waals surface area (Å²) in [5, 5.41) is 14.8. The van der Waals surface area contributed by atoms with Crippen molar-refractivity contribution in [1.82, 2.24) is 20.4 Å². The van der Waals surface area contributed by atoms with Crippen molar-refractivity contribution in [2.24, 2.45) is 16.8 Å². The molecule has 0 saturated carbocycles. The Morgan fingerprint density at radius 1 is 1.26 bits per heavy atom. The van der Waals surface area contributed by atoms with Gasteiger partial charge in [-0.25, -0.2) is 0 Å². The Balaban J connectivity index is 1.60. The molecule has 27 heavy (non-hydrogen) atoms. The zero-order valence-electron chi connectivity index (χ0n) is 16.2. The van der Waals surface area contributed by atoms with Crippen LogP contribution in [0, 0.1) is 11.8 Å². The minimum atomic E-state index is -0.920. The number of amides is 2. The molecule has 0 radical (unpaired) electrons. The molecule has 0 aromatic carbocycles. The highest BCUT2D eigenvalue weighted by Gasteiger charge is 2.27. The molecular weight excluding hydrogens is 350 g/mol. The van der Waals surface area contributed by atoms with Crippen molar-refractivity contribution in [3.63, 3.8) is 0 Å². The quantitative estimate of drug-likeness (QED) is 0.499. The highest BCUT2D eigenvalue weighted by atomic mass is 16.4. The van der Waals surface area contributed by atoms with E-state index in [2.05, 4.69) is 20.5 Å². The summed E-state index contributed by atoms with van der Waals surface area (Å²) in [6.07, 6.45) is 2.48. The molecule has 9 nitrogen and oxygen atoms in total. The second-order valence-corrected chi connectivity index (χ2v) is 7.30. The zero-order valence-corrected chi connectivity index (χ0v) is 16.2. The molecule has 2 rings (SSSR count). The summed E-state index contributed by atoms with van der Waals surface area (Å²) in [6.45, 7) is 5.32. The number of carboxylic acids is 1. The van der Waals surface area contributed by atoms with Gasteiger partial charge in [0.2, 0.25) is 11.8 Å². The molecule has 9 heteroatoms. The van der Waals surface area contributed by atoms with Crippen molar-refractivity contribution in [3.8, 4) is 0 Å². The summed E-state index contributed by atoms with van der Waals surface area (Å²) in [4.78, 5) is 43.5. The summed E-state index contributed by atoms with van der Waals surface area (Å²) < 4.78 is 0. The van der Waals surface area contributed by atoms with E-state index in [0.717, 1.165) is 32.0 Å². The fourth-order valence-electron chi connectivity index (χ4n) is 3.20. The highest BCUT2D eigenvalue weighted by Crippen LogP contribution is 2.18. The second kappa shape index (κ2) is 10.1. The Hall–Kier alpha value is -2.32. The molecule has 2 aliphatic rings. The maximum atomic E-state index is 12.3. The van der Waals surface area contributed by atoms with Gasteiger partial charge in [-0.2, -0.15) is 0 Å². The number of carbonyl (C=O) groups is 3. The van der Waals surface area contributed by atoms with Gasteiger partial charge in [0, 0.05) is 52.1 Å². The third-order valence-corrected chi connectivity index (χ3v) is 5.13. The van der Waals surface area contributed by atoms with Crippen LogP contribution in [0.2, 0.25) is 0 Å². The Labute approximate surface area is 160 Å². The topological polar surface area (TPSA) is 114 Å². The lowest BCUT2D eigenvalue weighted by Gasteiger charge is -2.31. The van der Waals surface area contributed by atoms with Gasteiger partial charge in [-0.05, 0) is 19.3 Å². The van der Waals surface area contributed by atoms with E-state index < -0.39 is 11.9 Å². The van der Waals surface area contributed by atoms with Crippen LogP contribution in [0.25, 0.3) is 0 Å². The number of nitrogens with one attached hydrogen (secondary N) is 2. The molecule has 2 amide bonds. The largest absolute Gasteiger partial charge is 0.481 e. The van der Waals surface area contributed by atoms with E-state index in [4.69, 9.17) is 5.11 Å². The SMILES string of the molecule is C[C@@H](CNC(=O)C1CCN(C(=O)CCCNC2=NCCN2C)CC1)C(=O)O. The Bertz CT molecular complexity index is 572. The molecule has 1 fully saturated rings. The molecule has 0 bridgehead atoms. The van der Waals surface area contributed by atoms with Crippen LogP contribution in [0.3, 0.4) is 0 Å². The van der Waals surface area contributed by atoms with Crippen molar-refractivity contribution in [3.05, 3.63) is 0 Å². The average Bonchev–Trinajstić information content (AvgIpc) is 3.07. The lowest BCUT2D eigenvalue weighted by atomic mass is 9.95. The average molecular weight is 381 g/mol. The molecule has 1 atom stereocenters. The van der Waals surface area contributed by atoms with Gasteiger partial charge in [-0.15, -0.1) is 0 Å². The van der Waals surface area contributed by atoms with Gasteiger partial charge in [-0.1, -0.05) is 6.92 Å². The first-order valence-electron chi connectivity index (χ1n) is 9.66. The maximum Gasteiger partial charge on any atom is 0.308 e. The number of piperidine rings is 1. The third-order valence-electron chi connectivity index (χ3n) is 5.13.